The number of hydrogen-bond acceptors (Lipinski definition) is 6. The summed E-state index contributed by atoms with van der Waals surface area (Å²) in [5.74, 6) is 0.261. The number of aromatic hydroxyl groups is 1. The Hall–Kier alpha value is -3.94. The lowest BCUT2D eigenvalue weighted by Crippen LogP contribution is -2.45. The van der Waals surface area contributed by atoms with Crippen molar-refractivity contribution in [2.45, 2.75) is 32.4 Å². The predicted octanol–water partition coefficient (Wildman–Crippen LogP) is 3.85. The van der Waals surface area contributed by atoms with Gasteiger partial charge < -0.3 is 30.0 Å². The Balaban J connectivity index is 2.23. The maximum Gasteiger partial charge on any atom is 0.338 e. The highest BCUT2D eigenvalue weighted by Crippen LogP contribution is 2.38. The van der Waals surface area contributed by atoms with E-state index in [2.05, 4.69) is 17.2 Å². The number of allylic oxidation sites excluding steroid dienone is 1. The zero-order valence-corrected chi connectivity index (χ0v) is 19.1. The molecule has 174 valence electrons. The number of benzene rings is 2. The number of urea groups is 1. The van der Waals surface area contributed by atoms with Crippen LogP contribution in [0.25, 0.3) is 5.70 Å². The number of amides is 2. The Bertz CT molecular complexity index is 1090. The summed E-state index contributed by atoms with van der Waals surface area (Å²) in [5, 5.41) is 16.0. The molecule has 1 aliphatic rings. The first-order valence-corrected chi connectivity index (χ1v) is 10.5. The van der Waals surface area contributed by atoms with E-state index < -0.39 is 18.0 Å². The van der Waals surface area contributed by atoms with Crippen molar-refractivity contribution in [2.24, 2.45) is 0 Å². The maximum absolute atomic E-state index is 13.2. The number of hydrogen-bond donors (Lipinski definition) is 3. The Morgan fingerprint density at radius 3 is 2.45 bits per heavy atom. The second-order valence-corrected chi connectivity index (χ2v) is 7.73. The van der Waals surface area contributed by atoms with Gasteiger partial charge in [-0.1, -0.05) is 6.08 Å². The van der Waals surface area contributed by atoms with E-state index in [0.717, 1.165) is 0 Å². The molecule has 2 aromatic carbocycles. The Labute approximate surface area is 192 Å². The van der Waals surface area contributed by atoms with Gasteiger partial charge in [0.05, 0.1) is 37.6 Å². The highest BCUT2D eigenvalue weighted by Gasteiger charge is 2.35. The van der Waals surface area contributed by atoms with Crippen LogP contribution in [0.15, 0.2) is 54.6 Å². The van der Waals surface area contributed by atoms with Gasteiger partial charge >= 0.3 is 12.0 Å². The molecular weight excluding hydrogens is 424 g/mol. The molecule has 8 nitrogen and oxygen atoms in total. The van der Waals surface area contributed by atoms with E-state index >= 15 is 0 Å². The summed E-state index contributed by atoms with van der Waals surface area (Å²) in [7, 11) is 2.99. The van der Waals surface area contributed by atoms with Crippen molar-refractivity contribution in [3.63, 3.8) is 0 Å². The number of rotatable bonds is 8. The van der Waals surface area contributed by atoms with Crippen molar-refractivity contribution < 1.29 is 28.9 Å². The van der Waals surface area contributed by atoms with E-state index in [9.17, 15) is 14.7 Å². The van der Waals surface area contributed by atoms with E-state index in [1.165, 1.54) is 7.11 Å². The van der Waals surface area contributed by atoms with Gasteiger partial charge in [-0.05, 0) is 67.8 Å². The minimum absolute atomic E-state index is 0.0212. The lowest BCUT2D eigenvalue weighted by Gasteiger charge is -2.30. The van der Waals surface area contributed by atoms with Crippen LogP contribution in [-0.4, -0.2) is 37.4 Å². The minimum atomic E-state index is -0.847. The Morgan fingerprint density at radius 1 is 1.18 bits per heavy atom. The van der Waals surface area contributed by atoms with Crippen LogP contribution in [0.3, 0.4) is 0 Å². The minimum Gasteiger partial charge on any atom is -0.504 e. The summed E-state index contributed by atoms with van der Waals surface area (Å²) < 4.78 is 16.1. The number of methoxy groups -OCH3 is 2. The average Bonchev–Trinajstić information content (AvgIpc) is 2.79. The van der Waals surface area contributed by atoms with Crippen LogP contribution in [-0.2, 0) is 16.0 Å². The fourth-order valence-electron chi connectivity index (χ4n) is 3.62. The molecule has 0 aromatic heterocycles. The summed E-state index contributed by atoms with van der Waals surface area (Å²) in [6.07, 6.45) is 1.65. The predicted molar refractivity (Wildman–Crippen MR) is 124 cm³/mol. The van der Waals surface area contributed by atoms with Gasteiger partial charge in [0.25, 0.3) is 0 Å². The smallest absolute Gasteiger partial charge is 0.338 e. The summed E-state index contributed by atoms with van der Waals surface area (Å²) >= 11 is 0. The topological polar surface area (TPSA) is 106 Å². The number of ether oxygens (including phenoxy) is 3. The van der Waals surface area contributed by atoms with Crippen molar-refractivity contribution in [3.05, 3.63) is 71.3 Å². The molecule has 0 spiro atoms. The fourth-order valence-corrected chi connectivity index (χ4v) is 3.62. The van der Waals surface area contributed by atoms with Gasteiger partial charge in [0.1, 0.15) is 5.75 Å². The van der Waals surface area contributed by atoms with Gasteiger partial charge in [0.2, 0.25) is 0 Å². The van der Waals surface area contributed by atoms with Gasteiger partial charge in [-0.2, -0.15) is 0 Å². The molecule has 0 fully saturated rings. The summed E-state index contributed by atoms with van der Waals surface area (Å²) in [6, 6.07) is 8.95. The lowest BCUT2D eigenvalue weighted by molar-refractivity contribution is -0.143. The number of phenols is 1. The molecule has 1 heterocycles. The first kappa shape index (κ1) is 23.7. The third-order valence-corrected chi connectivity index (χ3v) is 5.11. The van der Waals surface area contributed by atoms with Gasteiger partial charge in [-0.3, -0.25) is 0 Å². The van der Waals surface area contributed by atoms with E-state index in [4.69, 9.17) is 14.2 Å². The number of phenolic OH excluding ortho intramolecular Hbond substituents is 1. The number of nitrogens with one attached hydrogen (secondary N) is 2. The van der Waals surface area contributed by atoms with Crippen molar-refractivity contribution in [2.75, 3.05) is 14.2 Å². The normalized spacial score (nSPS) is 15.5. The molecule has 2 aromatic rings. The molecule has 3 N–H and O–H groups in total. The van der Waals surface area contributed by atoms with Crippen LogP contribution in [0.4, 0.5) is 4.79 Å². The molecule has 2 amide bonds. The fraction of sp³-hybridized carbons (Fsp3) is 0.280. The molecule has 1 aliphatic heterocycles. The van der Waals surface area contributed by atoms with Crippen LogP contribution in [0.5, 0.6) is 17.2 Å². The molecule has 0 bridgehead atoms. The molecule has 0 aliphatic carbocycles. The second-order valence-electron chi connectivity index (χ2n) is 7.73. The number of carbonyl (C=O) groups excluding carboxylic acids is 2. The molecule has 33 heavy (non-hydrogen) atoms. The Morgan fingerprint density at radius 2 is 1.88 bits per heavy atom. The molecule has 0 radical (unpaired) electrons. The Kier molecular flexibility index (Phi) is 7.27. The van der Waals surface area contributed by atoms with Crippen LogP contribution >= 0.6 is 0 Å². The van der Waals surface area contributed by atoms with Crippen molar-refractivity contribution >= 4 is 17.7 Å². The summed E-state index contributed by atoms with van der Waals surface area (Å²) in [5.41, 5.74) is 2.27. The lowest BCUT2D eigenvalue weighted by atomic mass is 9.91. The number of esters is 1. The van der Waals surface area contributed by atoms with E-state index in [0.29, 0.717) is 34.6 Å². The van der Waals surface area contributed by atoms with Crippen LogP contribution in [0.2, 0.25) is 0 Å². The monoisotopic (exact) mass is 452 g/mol. The molecule has 1 unspecified atom stereocenters. The van der Waals surface area contributed by atoms with Crippen LogP contribution in [0, 0.1) is 0 Å². The average molecular weight is 453 g/mol. The van der Waals surface area contributed by atoms with E-state index in [-0.39, 0.29) is 23.2 Å². The zero-order chi connectivity index (χ0) is 24.1. The highest BCUT2D eigenvalue weighted by atomic mass is 16.5. The van der Waals surface area contributed by atoms with Crippen molar-refractivity contribution in [3.8, 4) is 17.2 Å². The largest absolute Gasteiger partial charge is 0.504 e. The third kappa shape index (κ3) is 5.11. The molecule has 3 rings (SSSR count). The van der Waals surface area contributed by atoms with Crippen molar-refractivity contribution in [1.29, 1.82) is 0 Å². The van der Waals surface area contributed by atoms with E-state index in [1.54, 1.807) is 63.4 Å². The zero-order valence-electron chi connectivity index (χ0n) is 19.1. The molecule has 8 heteroatoms. The molecule has 0 saturated carbocycles. The molecule has 1 atom stereocenters. The van der Waals surface area contributed by atoms with Crippen LogP contribution < -0.4 is 20.1 Å². The molecule has 0 saturated heterocycles. The molecular formula is C25H28N2O6. The third-order valence-electron chi connectivity index (χ3n) is 5.11. The van der Waals surface area contributed by atoms with Gasteiger partial charge in [-0.25, -0.2) is 9.59 Å². The summed E-state index contributed by atoms with van der Waals surface area (Å²) in [4.78, 5) is 25.9. The van der Waals surface area contributed by atoms with Gasteiger partial charge in [-0.15, -0.1) is 6.58 Å². The summed E-state index contributed by atoms with van der Waals surface area (Å²) in [6.45, 7) is 7.23. The standard InChI is InChI=1S/C25H28N2O6/c1-6-7-16-12-17(13-19(32-5)23(16)28)22-20(24(29)33-14(2)3)21(26-25(30)27-22)15-8-10-18(31-4)11-9-15/h6,8-14,22,28H,1,7H2,2-5H3,(H2,26,27,30). The number of carbonyl (C=O) groups is 2. The maximum atomic E-state index is 13.2. The SMILES string of the molecule is C=CCc1cc(C2NC(=O)NC(c3ccc(OC)cc3)=C2C(=O)OC(C)C)cc(OC)c1O. The first-order chi connectivity index (χ1) is 15.8. The van der Waals surface area contributed by atoms with Crippen LogP contribution in [0.1, 0.15) is 36.6 Å². The van der Waals surface area contributed by atoms with E-state index in [1.807, 2.05) is 0 Å². The van der Waals surface area contributed by atoms with Gasteiger partial charge in [0.15, 0.2) is 11.5 Å². The highest BCUT2D eigenvalue weighted by molar-refractivity contribution is 6.04. The quantitative estimate of drug-likeness (QED) is 0.415. The van der Waals surface area contributed by atoms with Gasteiger partial charge in [0, 0.05) is 5.56 Å². The second kappa shape index (κ2) is 10.1. The first-order valence-electron chi connectivity index (χ1n) is 10.5. The van der Waals surface area contributed by atoms with Crippen molar-refractivity contribution in [1.82, 2.24) is 10.6 Å².